The van der Waals surface area contributed by atoms with Crippen LogP contribution in [0.15, 0.2) is 0 Å². The smallest absolute Gasteiger partial charge is 0.226 e. The fourth-order valence-corrected chi connectivity index (χ4v) is 2.31. The van der Waals surface area contributed by atoms with Gasteiger partial charge in [0.2, 0.25) is 5.91 Å². The topological polar surface area (TPSA) is 41.1 Å². The van der Waals surface area contributed by atoms with E-state index in [1.54, 1.807) is 0 Å². The number of hydrogen-bond acceptors (Lipinski definition) is 2. The van der Waals surface area contributed by atoms with E-state index in [2.05, 4.69) is 24.5 Å². The van der Waals surface area contributed by atoms with Gasteiger partial charge in [0.15, 0.2) is 0 Å². The molecule has 1 atom stereocenters. The van der Waals surface area contributed by atoms with Crippen LogP contribution in [-0.4, -0.2) is 25.0 Å². The van der Waals surface area contributed by atoms with Crippen LogP contribution in [0.3, 0.4) is 0 Å². The third-order valence-corrected chi connectivity index (χ3v) is 3.74. The Morgan fingerprint density at radius 1 is 1.47 bits per heavy atom. The van der Waals surface area contributed by atoms with Gasteiger partial charge in [-0.05, 0) is 31.7 Å². The van der Waals surface area contributed by atoms with Gasteiger partial charge < -0.3 is 10.6 Å². The Kier molecular flexibility index (Phi) is 4.01. The minimum Gasteiger partial charge on any atom is -0.352 e. The second-order valence-electron chi connectivity index (χ2n) is 4.97. The van der Waals surface area contributed by atoms with Crippen molar-refractivity contribution in [2.75, 3.05) is 13.1 Å². The van der Waals surface area contributed by atoms with Crippen LogP contribution < -0.4 is 10.6 Å². The molecule has 1 aliphatic carbocycles. The van der Waals surface area contributed by atoms with Gasteiger partial charge >= 0.3 is 0 Å². The molecule has 1 heterocycles. The monoisotopic (exact) mass is 232 g/mol. The highest BCUT2D eigenvalue weighted by atomic mass is 35.5. The van der Waals surface area contributed by atoms with Gasteiger partial charge in [-0.2, -0.15) is 0 Å². The number of amides is 1. The van der Waals surface area contributed by atoms with Gasteiger partial charge in [0.25, 0.3) is 0 Å². The lowest BCUT2D eigenvalue weighted by Gasteiger charge is -2.21. The number of carbonyl (C=O) groups is 1. The molecular weight excluding hydrogens is 212 g/mol. The molecule has 2 N–H and O–H groups in total. The van der Waals surface area contributed by atoms with Crippen molar-refractivity contribution in [2.24, 2.45) is 11.3 Å². The Balaban J connectivity index is 0.00000112. The second kappa shape index (κ2) is 4.71. The Morgan fingerprint density at radius 3 is 2.53 bits per heavy atom. The zero-order valence-electron chi connectivity index (χ0n) is 9.51. The minimum absolute atomic E-state index is 0. The molecule has 1 saturated carbocycles. The zero-order valence-corrected chi connectivity index (χ0v) is 10.3. The van der Waals surface area contributed by atoms with Crippen LogP contribution in [0, 0.1) is 11.3 Å². The molecule has 1 amide bonds. The van der Waals surface area contributed by atoms with Crippen LogP contribution in [0.5, 0.6) is 0 Å². The highest BCUT2D eigenvalue weighted by molar-refractivity contribution is 5.86. The first kappa shape index (κ1) is 12.8. The van der Waals surface area contributed by atoms with Crippen molar-refractivity contribution >= 4 is 18.3 Å². The molecule has 3 nitrogen and oxygen atoms in total. The summed E-state index contributed by atoms with van der Waals surface area (Å²) >= 11 is 0. The van der Waals surface area contributed by atoms with Gasteiger partial charge in [-0.25, -0.2) is 0 Å². The molecule has 1 unspecified atom stereocenters. The SMILES string of the molecule is CC(C)C1(C(=O)NC2CCNC2)CC1.Cl. The van der Waals surface area contributed by atoms with Gasteiger partial charge in [-0.3, -0.25) is 4.79 Å². The summed E-state index contributed by atoms with van der Waals surface area (Å²) in [5, 5.41) is 6.43. The van der Waals surface area contributed by atoms with Crippen molar-refractivity contribution in [3.63, 3.8) is 0 Å². The van der Waals surface area contributed by atoms with E-state index in [0.717, 1.165) is 32.4 Å². The molecule has 1 saturated heterocycles. The molecule has 1 aliphatic heterocycles. The fourth-order valence-electron chi connectivity index (χ4n) is 2.31. The van der Waals surface area contributed by atoms with E-state index in [9.17, 15) is 4.79 Å². The van der Waals surface area contributed by atoms with Gasteiger partial charge in [0.1, 0.15) is 0 Å². The molecule has 0 spiro atoms. The van der Waals surface area contributed by atoms with Gasteiger partial charge in [0, 0.05) is 12.6 Å². The highest BCUT2D eigenvalue weighted by Gasteiger charge is 2.52. The minimum atomic E-state index is -0.0113. The first-order chi connectivity index (χ1) is 6.65. The molecule has 0 bridgehead atoms. The standard InChI is InChI=1S/C11H20N2O.ClH/c1-8(2)11(4-5-11)10(14)13-9-3-6-12-7-9;/h8-9,12H,3-7H2,1-2H3,(H,13,14);1H. The average molecular weight is 233 g/mol. The summed E-state index contributed by atoms with van der Waals surface area (Å²) in [7, 11) is 0. The highest BCUT2D eigenvalue weighted by Crippen LogP contribution is 2.52. The molecule has 0 aromatic rings. The predicted molar refractivity (Wildman–Crippen MR) is 63.2 cm³/mol. The summed E-state index contributed by atoms with van der Waals surface area (Å²) in [6.07, 6.45) is 3.24. The molecule has 2 fully saturated rings. The molecule has 0 radical (unpaired) electrons. The first-order valence-electron chi connectivity index (χ1n) is 5.67. The van der Waals surface area contributed by atoms with Crippen LogP contribution in [0.25, 0.3) is 0 Å². The molecule has 88 valence electrons. The summed E-state index contributed by atoms with van der Waals surface area (Å²) in [5.74, 6) is 0.776. The first-order valence-corrected chi connectivity index (χ1v) is 5.67. The third kappa shape index (κ3) is 2.45. The van der Waals surface area contributed by atoms with Gasteiger partial charge in [-0.15, -0.1) is 12.4 Å². The number of nitrogens with one attached hydrogen (secondary N) is 2. The lowest BCUT2D eigenvalue weighted by molar-refractivity contribution is -0.128. The molecule has 4 heteroatoms. The van der Waals surface area contributed by atoms with E-state index in [4.69, 9.17) is 0 Å². The molecule has 2 rings (SSSR count). The number of halogens is 1. The number of rotatable bonds is 3. The second-order valence-corrected chi connectivity index (χ2v) is 4.97. The van der Waals surface area contributed by atoms with E-state index in [-0.39, 0.29) is 17.8 Å². The number of hydrogen-bond donors (Lipinski definition) is 2. The van der Waals surface area contributed by atoms with Crippen molar-refractivity contribution in [1.29, 1.82) is 0 Å². The lowest BCUT2D eigenvalue weighted by Crippen LogP contribution is -2.42. The van der Waals surface area contributed by atoms with E-state index in [1.807, 2.05) is 0 Å². The van der Waals surface area contributed by atoms with E-state index in [0.29, 0.717) is 17.9 Å². The maximum Gasteiger partial charge on any atom is 0.226 e. The Labute approximate surface area is 97.8 Å². The fraction of sp³-hybridized carbons (Fsp3) is 0.909. The lowest BCUT2D eigenvalue weighted by atomic mass is 9.91. The molecule has 2 aliphatic rings. The third-order valence-electron chi connectivity index (χ3n) is 3.74. The number of carbonyl (C=O) groups excluding carboxylic acids is 1. The van der Waals surface area contributed by atoms with Crippen LogP contribution in [-0.2, 0) is 4.79 Å². The Morgan fingerprint density at radius 2 is 2.13 bits per heavy atom. The quantitative estimate of drug-likeness (QED) is 0.771. The molecule has 15 heavy (non-hydrogen) atoms. The summed E-state index contributed by atoms with van der Waals surface area (Å²) in [6, 6.07) is 0.374. The normalized spacial score (nSPS) is 27.3. The summed E-state index contributed by atoms with van der Waals surface area (Å²) < 4.78 is 0. The Hall–Kier alpha value is -0.280. The van der Waals surface area contributed by atoms with Crippen molar-refractivity contribution in [2.45, 2.75) is 39.2 Å². The summed E-state index contributed by atoms with van der Waals surface area (Å²) in [6.45, 7) is 6.29. The molecule has 0 aromatic carbocycles. The van der Waals surface area contributed by atoms with Crippen molar-refractivity contribution in [3.05, 3.63) is 0 Å². The summed E-state index contributed by atoms with van der Waals surface area (Å²) in [4.78, 5) is 12.0. The van der Waals surface area contributed by atoms with Gasteiger partial charge in [0.05, 0.1) is 5.41 Å². The van der Waals surface area contributed by atoms with E-state index < -0.39 is 0 Å². The average Bonchev–Trinajstić information content (AvgIpc) is 2.81. The maximum absolute atomic E-state index is 12.0. The molecular formula is C11H21ClN2O. The van der Waals surface area contributed by atoms with Crippen LogP contribution in [0.4, 0.5) is 0 Å². The van der Waals surface area contributed by atoms with E-state index in [1.165, 1.54) is 0 Å². The van der Waals surface area contributed by atoms with Gasteiger partial charge in [-0.1, -0.05) is 13.8 Å². The van der Waals surface area contributed by atoms with E-state index >= 15 is 0 Å². The maximum atomic E-state index is 12.0. The predicted octanol–water partition coefficient (Wildman–Crippen LogP) is 1.32. The van der Waals surface area contributed by atoms with Crippen LogP contribution in [0.1, 0.15) is 33.1 Å². The summed E-state index contributed by atoms with van der Waals surface area (Å²) in [5.41, 5.74) is -0.0113. The van der Waals surface area contributed by atoms with Crippen LogP contribution >= 0.6 is 12.4 Å². The zero-order chi connectivity index (χ0) is 10.2. The Bertz CT molecular complexity index is 233. The van der Waals surface area contributed by atoms with Crippen molar-refractivity contribution in [3.8, 4) is 0 Å². The largest absolute Gasteiger partial charge is 0.352 e. The molecule has 0 aromatic heterocycles. The van der Waals surface area contributed by atoms with Crippen molar-refractivity contribution in [1.82, 2.24) is 10.6 Å². The van der Waals surface area contributed by atoms with Crippen LogP contribution in [0.2, 0.25) is 0 Å². The van der Waals surface area contributed by atoms with Crippen molar-refractivity contribution < 1.29 is 4.79 Å².